The molecule has 6 nitrogen and oxygen atoms in total. The molecule has 0 spiro atoms. The van der Waals surface area contributed by atoms with E-state index in [1.807, 2.05) is 13.0 Å². The molecule has 1 aliphatic heterocycles. The third kappa shape index (κ3) is 3.08. The smallest absolute Gasteiger partial charge is 0.231 e. The van der Waals surface area contributed by atoms with Crippen molar-refractivity contribution in [2.24, 2.45) is 5.73 Å². The normalized spacial score (nSPS) is 26.2. The first-order chi connectivity index (χ1) is 12.9. The van der Waals surface area contributed by atoms with Crippen molar-refractivity contribution in [2.75, 3.05) is 20.0 Å². The Bertz CT molecular complexity index is 963. The summed E-state index contributed by atoms with van der Waals surface area (Å²) in [4.78, 5) is 0.200. The Morgan fingerprint density at radius 3 is 2.59 bits per heavy atom. The van der Waals surface area contributed by atoms with Gasteiger partial charge in [0, 0.05) is 17.5 Å². The highest BCUT2D eigenvalue weighted by atomic mass is 35.5. The molecule has 0 aromatic heterocycles. The van der Waals surface area contributed by atoms with Crippen molar-refractivity contribution in [2.45, 2.75) is 28.5 Å². The SMILES string of the molecule is CCOC[C@]1(N)[C@H](c2ccc3c(c2)OCO3)[C@H]1S(=O)(=O)c1ccc(Cl)cc1. The predicted octanol–water partition coefficient (Wildman–Crippen LogP) is 2.74. The van der Waals surface area contributed by atoms with E-state index in [4.69, 9.17) is 31.5 Å². The Morgan fingerprint density at radius 1 is 1.19 bits per heavy atom. The van der Waals surface area contributed by atoms with Gasteiger partial charge in [0.1, 0.15) is 0 Å². The van der Waals surface area contributed by atoms with Crippen LogP contribution in [0.2, 0.25) is 5.02 Å². The van der Waals surface area contributed by atoms with Crippen LogP contribution in [0.25, 0.3) is 0 Å². The Morgan fingerprint density at radius 2 is 1.89 bits per heavy atom. The Kier molecular flexibility index (Phi) is 4.58. The van der Waals surface area contributed by atoms with Crippen molar-refractivity contribution < 1.29 is 22.6 Å². The maximum Gasteiger partial charge on any atom is 0.231 e. The van der Waals surface area contributed by atoms with Gasteiger partial charge in [-0.3, -0.25) is 0 Å². The molecular formula is C19H20ClNO5S. The van der Waals surface area contributed by atoms with Gasteiger partial charge in [-0.05, 0) is 48.9 Å². The van der Waals surface area contributed by atoms with Crippen LogP contribution in [0.1, 0.15) is 18.4 Å². The summed E-state index contributed by atoms with van der Waals surface area (Å²) in [7, 11) is -3.67. The standard InChI is InChI=1S/C19H20ClNO5S/c1-2-24-10-19(21)17(12-3-8-15-16(9-12)26-11-25-15)18(19)27(22,23)14-6-4-13(20)5-7-14/h3-9,17-18H,2,10-11,21H2,1H3/t17-,18-,19+/m1/s1. The van der Waals surface area contributed by atoms with Gasteiger partial charge < -0.3 is 19.9 Å². The summed E-state index contributed by atoms with van der Waals surface area (Å²) in [6.07, 6.45) is 0. The molecule has 144 valence electrons. The lowest BCUT2D eigenvalue weighted by Gasteiger charge is -2.12. The van der Waals surface area contributed by atoms with Gasteiger partial charge in [-0.1, -0.05) is 17.7 Å². The van der Waals surface area contributed by atoms with E-state index < -0.39 is 26.5 Å². The summed E-state index contributed by atoms with van der Waals surface area (Å²) in [6.45, 7) is 2.62. The van der Waals surface area contributed by atoms with Crippen LogP contribution in [0.4, 0.5) is 0 Å². The number of ether oxygens (including phenoxy) is 3. The van der Waals surface area contributed by atoms with Crippen LogP contribution >= 0.6 is 11.6 Å². The van der Waals surface area contributed by atoms with Crippen LogP contribution in [0, 0.1) is 0 Å². The van der Waals surface area contributed by atoms with Crippen molar-refractivity contribution in [3.8, 4) is 11.5 Å². The molecule has 1 aliphatic carbocycles. The third-order valence-corrected chi connectivity index (χ3v) is 7.65. The molecule has 2 aromatic carbocycles. The molecule has 27 heavy (non-hydrogen) atoms. The molecule has 1 saturated carbocycles. The van der Waals surface area contributed by atoms with E-state index in [1.54, 1.807) is 24.3 Å². The molecule has 4 rings (SSSR count). The molecule has 2 aliphatic rings. The third-order valence-electron chi connectivity index (χ3n) is 5.09. The Hall–Kier alpha value is -1.80. The van der Waals surface area contributed by atoms with Gasteiger partial charge in [0.25, 0.3) is 0 Å². The summed E-state index contributed by atoms with van der Waals surface area (Å²) in [6, 6.07) is 11.6. The molecule has 0 bridgehead atoms. The predicted molar refractivity (Wildman–Crippen MR) is 101 cm³/mol. The van der Waals surface area contributed by atoms with E-state index in [1.165, 1.54) is 12.1 Å². The number of benzene rings is 2. The fourth-order valence-electron chi connectivity index (χ4n) is 3.70. The second-order valence-electron chi connectivity index (χ2n) is 6.76. The molecule has 2 N–H and O–H groups in total. The average Bonchev–Trinajstić information content (AvgIpc) is 3.03. The van der Waals surface area contributed by atoms with E-state index >= 15 is 0 Å². The van der Waals surface area contributed by atoms with Gasteiger partial charge in [-0.25, -0.2) is 8.42 Å². The minimum atomic E-state index is -3.67. The average molecular weight is 410 g/mol. The van der Waals surface area contributed by atoms with Crippen LogP contribution in [0.5, 0.6) is 11.5 Å². The Balaban J connectivity index is 1.72. The molecule has 0 amide bonds. The molecule has 1 heterocycles. The zero-order chi connectivity index (χ0) is 19.2. The second kappa shape index (κ2) is 6.67. The van der Waals surface area contributed by atoms with Gasteiger partial charge in [0.15, 0.2) is 21.3 Å². The maximum absolute atomic E-state index is 13.3. The van der Waals surface area contributed by atoms with E-state index in [0.717, 1.165) is 5.56 Å². The van der Waals surface area contributed by atoms with Gasteiger partial charge in [-0.2, -0.15) is 0 Å². The molecule has 8 heteroatoms. The van der Waals surface area contributed by atoms with Crippen LogP contribution in [-0.2, 0) is 14.6 Å². The first-order valence-corrected chi connectivity index (χ1v) is 10.6. The number of hydrogen-bond donors (Lipinski definition) is 1. The first-order valence-electron chi connectivity index (χ1n) is 8.63. The number of fused-ring (bicyclic) bond motifs is 1. The van der Waals surface area contributed by atoms with Crippen LogP contribution in [0.3, 0.4) is 0 Å². The van der Waals surface area contributed by atoms with E-state index in [-0.39, 0.29) is 18.3 Å². The van der Waals surface area contributed by atoms with Crippen molar-refractivity contribution in [3.05, 3.63) is 53.1 Å². The molecule has 0 radical (unpaired) electrons. The van der Waals surface area contributed by atoms with Crippen LogP contribution in [-0.4, -0.2) is 39.2 Å². The second-order valence-corrected chi connectivity index (χ2v) is 9.27. The van der Waals surface area contributed by atoms with Crippen LogP contribution in [0.15, 0.2) is 47.4 Å². The van der Waals surface area contributed by atoms with Crippen molar-refractivity contribution in [1.82, 2.24) is 0 Å². The highest BCUT2D eigenvalue weighted by molar-refractivity contribution is 7.92. The summed E-state index contributed by atoms with van der Waals surface area (Å²) in [5, 5.41) is -0.316. The lowest BCUT2D eigenvalue weighted by molar-refractivity contribution is 0.125. The zero-order valence-electron chi connectivity index (χ0n) is 14.7. The molecule has 2 aromatic rings. The summed E-state index contributed by atoms with van der Waals surface area (Å²) in [5.74, 6) is 0.837. The fraction of sp³-hybridized carbons (Fsp3) is 0.368. The molecule has 0 saturated heterocycles. The number of rotatable bonds is 6. The minimum Gasteiger partial charge on any atom is -0.454 e. The topological polar surface area (TPSA) is 87.8 Å². The Labute approximate surface area is 163 Å². The minimum absolute atomic E-state index is 0.153. The van der Waals surface area contributed by atoms with E-state index in [0.29, 0.717) is 23.1 Å². The van der Waals surface area contributed by atoms with Crippen molar-refractivity contribution in [1.29, 1.82) is 0 Å². The number of sulfone groups is 1. The van der Waals surface area contributed by atoms with E-state index in [9.17, 15) is 8.42 Å². The number of hydrogen-bond acceptors (Lipinski definition) is 6. The summed E-state index contributed by atoms with van der Waals surface area (Å²) in [5.41, 5.74) is 6.33. The highest BCUT2D eigenvalue weighted by Gasteiger charge is 2.69. The van der Waals surface area contributed by atoms with Gasteiger partial charge in [0.2, 0.25) is 6.79 Å². The van der Waals surface area contributed by atoms with Crippen LogP contribution < -0.4 is 15.2 Å². The van der Waals surface area contributed by atoms with Gasteiger partial charge >= 0.3 is 0 Å². The summed E-state index contributed by atoms with van der Waals surface area (Å²) >= 11 is 5.89. The van der Waals surface area contributed by atoms with Crippen molar-refractivity contribution in [3.63, 3.8) is 0 Å². The zero-order valence-corrected chi connectivity index (χ0v) is 16.3. The van der Waals surface area contributed by atoms with Gasteiger partial charge in [-0.15, -0.1) is 0 Å². The van der Waals surface area contributed by atoms with Gasteiger partial charge in [0.05, 0.1) is 22.3 Å². The fourth-order valence-corrected chi connectivity index (χ4v) is 6.12. The summed E-state index contributed by atoms with van der Waals surface area (Å²) < 4.78 is 42.8. The quantitative estimate of drug-likeness (QED) is 0.789. The monoisotopic (exact) mass is 409 g/mol. The molecule has 1 fully saturated rings. The first kappa shape index (κ1) is 18.6. The number of halogens is 1. The molecule has 3 atom stereocenters. The number of nitrogens with two attached hydrogens (primary N) is 1. The molecule has 0 unspecified atom stereocenters. The maximum atomic E-state index is 13.3. The highest BCUT2D eigenvalue weighted by Crippen LogP contribution is 2.56. The lowest BCUT2D eigenvalue weighted by Crippen LogP contribution is -2.36. The molecular weight excluding hydrogens is 390 g/mol. The van der Waals surface area contributed by atoms with E-state index in [2.05, 4.69) is 0 Å². The van der Waals surface area contributed by atoms with Crippen molar-refractivity contribution >= 4 is 21.4 Å². The largest absolute Gasteiger partial charge is 0.454 e. The lowest BCUT2D eigenvalue weighted by atomic mass is 10.1.